The molecule has 3 rings (SSSR count). The van der Waals surface area contributed by atoms with Crippen LogP contribution in [0, 0.1) is 5.82 Å². The van der Waals surface area contributed by atoms with Crippen molar-refractivity contribution in [3.8, 4) is 0 Å². The molecule has 92 valence electrons. The predicted molar refractivity (Wildman–Crippen MR) is 68.7 cm³/mol. The highest BCUT2D eigenvalue weighted by atomic mass is 19.1. The Morgan fingerprint density at radius 2 is 1.72 bits per heavy atom. The third kappa shape index (κ3) is 1.83. The molecule has 1 nitrogen and oxygen atoms in total. The number of rotatable bonds is 3. The van der Waals surface area contributed by atoms with Crippen LogP contribution in [0.3, 0.4) is 0 Å². The number of hydrogen-bond acceptors (Lipinski definition) is 1. The SMILES string of the molecule is OC(c1cccc(F)c1)C1(c2ccccc2)CC1. The van der Waals surface area contributed by atoms with Gasteiger partial charge in [-0.05, 0) is 36.1 Å². The standard InChI is InChI=1S/C16H15FO/c17-14-8-4-5-12(11-14)15(18)16(9-10-16)13-6-2-1-3-7-13/h1-8,11,15,18H,9-10H2. The maximum atomic E-state index is 13.2. The molecule has 0 aliphatic heterocycles. The monoisotopic (exact) mass is 242 g/mol. The first-order valence-electron chi connectivity index (χ1n) is 6.21. The highest BCUT2D eigenvalue weighted by Gasteiger charge is 2.50. The van der Waals surface area contributed by atoms with Crippen molar-refractivity contribution >= 4 is 0 Å². The minimum atomic E-state index is -0.629. The Bertz CT molecular complexity index is 546. The summed E-state index contributed by atoms with van der Waals surface area (Å²) in [6.45, 7) is 0. The van der Waals surface area contributed by atoms with Crippen molar-refractivity contribution in [2.45, 2.75) is 24.4 Å². The van der Waals surface area contributed by atoms with Crippen LogP contribution >= 0.6 is 0 Å². The lowest BCUT2D eigenvalue weighted by molar-refractivity contribution is 0.132. The van der Waals surface area contributed by atoms with Crippen LogP contribution in [0.25, 0.3) is 0 Å². The van der Waals surface area contributed by atoms with Gasteiger partial charge in [0.1, 0.15) is 5.82 Å². The van der Waals surface area contributed by atoms with Crippen molar-refractivity contribution in [3.63, 3.8) is 0 Å². The Kier molecular flexibility index (Phi) is 2.67. The molecule has 0 radical (unpaired) electrons. The van der Waals surface area contributed by atoms with Gasteiger partial charge < -0.3 is 5.11 Å². The van der Waals surface area contributed by atoms with Crippen LogP contribution in [0.15, 0.2) is 54.6 Å². The minimum Gasteiger partial charge on any atom is -0.387 e. The van der Waals surface area contributed by atoms with E-state index in [1.807, 2.05) is 30.3 Å². The first-order chi connectivity index (χ1) is 8.72. The zero-order valence-electron chi connectivity index (χ0n) is 10.0. The summed E-state index contributed by atoms with van der Waals surface area (Å²) in [7, 11) is 0. The third-order valence-corrected chi connectivity index (χ3v) is 3.83. The van der Waals surface area contributed by atoms with Gasteiger partial charge in [-0.3, -0.25) is 0 Å². The Hall–Kier alpha value is -1.67. The number of hydrogen-bond donors (Lipinski definition) is 1. The molecular weight excluding hydrogens is 227 g/mol. The van der Waals surface area contributed by atoms with E-state index in [0.29, 0.717) is 5.56 Å². The Morgan fingerprint density at radius 3 is 2.33 bits per heavy atom. The molecule has 2 aromatic carbocycles. The molecule has 0 spiro atoms. The van der Waals surface area contributed by atoms with E-state index in [2.05, 4.69) is 0 Å². The van der Waals surface area contributed by atoms with Crippen LogP contribution in [-0.4, -0.2) is 5.11 Å². The van der Waals surface area contributed by atoms with Gasteiger partial charge in [0.05, 0.1) is 6.10 Å². The highest BCUT2D eigenvalue weighted by Crippen LogP contribution is 2.56. The van der Waals surface area contributed by atoms with Crippen molar-refractivity contribution in [1.29, 1.82) is 0 Å². The van der Waals surface area contributed by atoms with E-state index in [1.54, 1.807) is 12.1 Å². The van der Waals surface area contributed by atoms with Gasteiger partial charge in [0.25, 0.3) is 0 Å². The second-order valence-electron chi connectivity index (χ2n) is 4.98. The van der Waals surface area contributed by atoms with Gasteiger partial charge in [0.15, 0.2) is 0 Å². The molecule has 1 atom stereocenters. The van der Waals surface area contributed by atoms with Gasteiger partial charge in [0.2, 0.25) is 0 Å². The van der Waals surface area contributed by atoms with Crippen LogP contribution in [-0.2, 0) is 5.41 Å². The molecule has 0 saturated heterocycles. The summed E-state index contributed by atoms with van der Waals surface area (Å²) in [5.41, 5.74) is 1.59. The molecule has 18 heavy (non-hydrogen) atoms. The first kappa shape index (κ1) is 11.4. The van der Waals surface area contributed by atoms with Crippen LogP contribution in [0.4, 0.5) is 4.39 Å². The largest absolute Gasteiger partial charge is 0.387 e. The molecule has 1 aliphatic rings. The summed E-state index contributed by atoms with van der Waals surface area (Å²) >= 11 is 0. The number of benzene rings is 2. The quantitative estimate of drug-likeness (QED) is 0.872. The van der Waals surface area contributed by atoms with E-state index in [4.69, 9.17) is 0 Å². The van der Waals surface area contributed by atoms with Gasteiger partial charge in [-0.1, -0.05) is 42.5 Å². The summed E-state index contributed by atoms with van der Waals surface area (Å²) in [5, 5.41) is 10.5. The Morgan fingerprint density at radius 1 is 1.00 bits per heavy atom. The molecule has 1 aliphatic carbocycles. The van der Waals surface area contributed by atoms with E-state index in [0.717, 1.165) is 18.4 Å². The summed E-state index contributed by atoms with van der Waals surface area (Å²) in [5.74, 6) is -0.296. The molecule has 0 amide bonds. The number of halogens is 1. The molecular formula is C16H15FO. The van der Waals surface area contributed by atoms with Crippen molar-refractivity contribution in [2.75, 3.05) is 0 Å². The van der Waals surface area contributed by atoms with Gasteiger partial charge in [-0.15, -0.1) is 0 Å². The van der Waals surface area contributed by atoms with Crippen LogP contribution in [0.2, 0.25) is 0 Å². The normalized spacial score (nSPS) is 18.3. The van der Waals surface area contributed by atoms with Gasteiger partial charge in [-0.2, -0.15) is 0 Å². The fraction of sp³-hybridized carbons (Fsp3) is 0.250. The van der Waals surface area contributed by atoms with E-state index >= 15 is 0 Å². The molecule has 0 aromatic heterocycles. The molecule has 0 bridgehead atoms. The van der Waals surface area contributed by atoms with E-state index < -0.39 is 6.10 Å². The highest BCUT2D eigenvalue weighted by molar-refractivity contribution is 5.37. The topological polar surface area (TPSA) is 20.2 Å². The second-order valence-corrected chi connectivity index (χ2v) is 4.98. The zero-order chi connectivity index (χ0) is 12.6. The molecule has 1 N–H and O–H groups in total. The van der Waals surface area contributed by atoms with E-state index in [9.17, 15) is 9.50 Å². The maximum Gasteiger partial charge on any atom is 0.123 e. The fourth-order valence-corrected chi connectivity index (χ4v) is 2.62. The Balaban J connectivity index is 1.95. The van der Waals surface area contributed by atoms with Crippen molar-refractivity contribution < 1.29 is 9.50 Å². The van der Waals surface area contributed by atoms with Gasteiger partial charge in [0, 0.05) is 5.41 Å². The van der Waals surface area contributed by atoms with Crippen molar-refractivity contribution in [1.82, 2.24) is 0 Å². The van der Waals surface area contributed by atoms with Crippen LogP contribution in [0.1, 0.15) is 30.1 Å². The van der Waals surface area contributed by atoms with Gasteiger partial charge in [-0.25, -0.2) is 4.39 Å². The first-order valence-corrected chi connectivity index (χ1v) is 6.21. The minimum absolute atomic E-state index is 0.213. The summed E-state index contributed by atoms with van der Waals surface area (Å²) in [6, 6.07) is 16.3. The molecule has 2 heteroatoms. The van der Waals surface area contributed by atoms with Crippen LogP contribution in [0.5, 0.6) is 0 Å². The Labute approximate surface area is 106 Å². The summed E-state index contributed by atoms with van der Waals surface area (Å²) in [4.78, 5) is 0. The lowest BCUT2D eigenvalue weighted by Gasteiger charge is -2.23. The maximum absolute atomic E-state index is 13.2. The molecule has 1 unspecified atom stereocenters. The average Bonchev–Trinajstić information content (AvgIpc) is 3.20. The summed E-state index contributed by atoms with van der Waals surface area (Å²) in [6.07, 6.45) is 1.28. The zero-order valence-corrected chi connectivity index (χ0v) is 10.0. The molecule has 1 saturated carbocycles. The summed E-state index contributed by atoms with van der Waals surface area (Å²) < 4.78 is 13.2. The fourth-order valence-electron chi connectivity index (χ4n) is 2.62. The lowest BCUT2D eigenvalue weighted by atomic mass is 9.86. The lowest BCUT2D eigenvalue weighted by Crippen LogP contribution is -2.18. The van der Waals surface area contributed by atoms with E-state index in [-0.39, 0.29) is 11.2 Å². The van der Waals surface area contributed by atoms with Crippen molar-refractivity contribution in [2.24, 2.45) is 0 Å². The predicted octanol–water partition coefficient (Wildman–Crippen LogP) is 3.59. The third-order valence-electron chi connectivity index (χ3n) is 3.83. The smallest absolute Gasteiger partial charge is 0.123 e. The van der Waals surface area contributed by atoms with Gasteiger partial charge >= 0.3 is 0 Å². The molecule has 1 fully saturated rings. The van der Waals surface area contributed by atoms with Crippen molar-refractivity contribution in [3.05, 3.63) is 71.5 Å². The van der Waals surface area contributed by atoms with Crippen LogP contribution < -0.4 is 0 Å². The van der Waals surface area contributed by atoms with E-state index in [1.165, 1.54) is 12.1 Å². The molecule has 2 aromatic rings. The number of aliphatic hydroxyl groups is 1. The second kappa shape index (κ2) is 4.21. The average molecular weight is 242 g/mol. The molecule has 0 heterocycles. The number of aliphatic hydroxyl groups excluding tert-OH is 1.